The maximum absolute atomic E-state index is 12.8. The number of ether oxygens (including phenoxy) is 3. The maximum atomic E-state index is 12.8. The first-order valence-electron chi connectivity index (χ1n) is 28.4. The van der Waals surface area contributed by atoms with Crippen molar-refractivity contribution in [1.82, 2.24) is 0 Å². The van der Waals surface area contributed by atoms with Gasteiger partial charge < -0.3 is 14.2 Å². The highest BCUT2D eigenvalue weighted by molar-refractivity contribution is 5.71. The van der Waals surface area contributed by atoms with Crippen LogP contribution in [-0.2, 0) is 28.6 Å². The van der Waals surface area contributed by atoms with Crippen molar-refractivity contribution in [3.8, 4) is 0 Å². The summed E-state index contributed by atoms with van der Waals surface area (Å²) in [5.74, 6) is -1.02. The molecular weight excluding hydrogens is 853 g/mol. The van der Waals surface area contributed by atoms with Crippen LogP contribution in [0.4, 0.5) is 0 Å². The van der Waals surface area contributed by atoms with E-state index in [-0.39, 0.29) is 37.5 Å². The number of hydrogen-bond acceptors (Lipinski definition) is 6. The van der Waals surface area contributed by atoms with Gasteiger partial charge in [0.1, 0.15) is 13.2 Å². The Bertz CT molecular complexity index is 1420. The fourth-order valence-electron chi connectivity index (χ4n) is 7.49. The number of carbonyl (C=O) groups excluding carboxylic acids is 3. The number of rotatable bonds is 50. The quantitative estimate of drug-likeness (QED) is 0.0262. The first-order valence-corrected chi connectivity index (χ1v) is 28.4. The standard InChI is InChI=1S/C63H104O6/c1-4-7-10-13-16-19-22-25-27-29-30-31-32-34-35-38-41-44-47-50-53-56-62(65)68-59-60(58-67-61(64)55-52-49-46-43-40-37-24-21-18-15-12-9-6-3)69-63(66)57-54-51-48-45-42-39-36-33-28-26-23-20-17-14-11-8-5-2/h9,12,17-18,20-22,25-26,28-30,32,34,37,40,46,49,60H,4-8,10-11,13-16,19,23-24,27,31,33,35-36,38-39,41-45,47-48,50-59H2,1-3H3/b12-9-,20-17-,21-18-,25-22-,28-26-,30-29-,34-32-,40-37-,49-46-. The lowest BCUT2D eigenvalue weighted by Crippen LogP contribution is -2.30. The van der Waals surface area contributed by atoms with E-state index in [9.17, 15) is 14.4 Å². The molecule has 0 amide bonds. The number of carbonyl (C=O) groups is 3. The van der Waals surface area contributed by atoms with Crippen molar-refractivity contribution in [2.24, 2.45) is 0 Å². The zero-order chi connectivity index (χ0) is 50.0. The Morgan fingerprint density at radius 3 is 1.00 bits per heavy atom. The molecule has 1 unspecified atom stereocenters. The zero-order valence-electron chi connectivity index (χ0n) is 44.8. The maximum Gasteiger partial charge on any atom is 0.306 e. The third-order valence-corrected chi connectivity index (χ3v) is 11.7. The molecule has 0 saturated heterocycles. The molecule has 69 heavy (non-hydrogen) atoms. The van der Waals surface area contributed by atoms with Gasteiger partial charge in [0.25, 0.3) is 0 Å². The molecule has 0 aliphatic heterocycles. The highest BCUT2D eigenvalue weighted by Gasteiger charge is 2.19. The monoisotopic (exact) mass is 957 g/mol. The van der Waals surface area contributed by atoms with Gasteiger partial charge in [-0.15, -0.1) is 0 Å². The lowest BCUT2D eigenvalue weighted by molar-refractivity contribution is -0.166. The topological polar surface area (TPSA) is 78.9 Å². The highest BCUT2D eigenvalue weighted by atomic mass is 16.6. The van der Waals surface area contributed by atoms with Gasteiger partial charge in [-0.05, 0) is 116 Å². The van der Waals surface area contributed by atoms with Gasteiger partial charge in [0, 0.05) is 19.3 Å². The summed E-state index contributed by atoms with van der Waals surface area (Å²) in [4.78, 5) is 38.1. The van der Waals surface area contributed by atoms with Crippen molar-refractivity contribution < 1.29 is 28.6 Å². The van der Waals surface area contributed by atoms with Gasteiger partial charge in [-0.25, -0.2) is 0 Å². The molecule has 0 N–H and O–H groups in total. The Hall–Kier alpha value is -3.93. The van der Waals surface area contributed by atoms with Crippen LogP contribution in [0.1, 0.15) is 252 Å². The molecule has 392 valence electrons. The smallest absolute Gasteiger partial charge is 0.306 e. The molecule has 0 spiro atoms. The van der Waals surface area contributed by atoms with Gasteiger partial charge >= 0.3 is 17.9 Å². The third kappa shape index (κ3) is 54.9. The molecule has 0 aliphatic carbocycles. The second-order valence-electron chi connectivity index (χ2n) is 18.5. The average Bonchev–Trinajstić information content (AvgIpc) is 3.35. The van der Waals surface area contributed by atoms with Gasteiger partial charge in [-0.3, -0.25) is 14.4 Å². The summed E-state index contributed by atoms with van der Waals surface area (Å²) in [5.41, 5.74) is 0. The van der Waals surface area contributed by atoms with Gasteiger partial charge in [0.05, 0.1) is 0 Å². The molecule has 0 aliphatic rings. The molecule has 0 rings (SSSR count). The van der Waals surface area contributed by atoms with Crippen LogP contribution < -0.4 is 0 Å². The third-order valence-electron chi connectivity index (χ3n) is 11.7. The van der Waals surface area contributed by atoms with E-state index in [1.807, 2.05) is 12.2 Å². The summed E-state index contributed by atoms with van der Waals surface area (Å²) >= 11 is 0. The second kappa shape index (κ2) is 56.7. The first kappa shape index (κ1) is 65.1. The number of unbranched alkanes of at least 4 members (excludes halogenated alkanes) is 21. The van der Waals surface area contributed by atoms with E-state index in [0.717, 1.165) is 103 Å². The van der Waals surface area contributed by atoms with Gasteiger partial charge in [-0.2, -0.15) is 0 Å². The molecular formula is C63H104O6. The summed E-state index contributed by atoms with van der Waals surface area (Å²) in [6, 6.07) is 0. The summed E-state index contributed by atoms with van der Waals surface area (Å²) in [7, 11) is 0. The Kier molecular flexibility index (Phi) is 53.4. The van der Waals surface area contributed by atoms with Crippen molar-refractivity contribution in [1.29, 1.82) is 0 Å². The van der Waals surface area contributed by atoms with Crippen LogP contribution in [0.25, 0.3) is 0 Å². The van der Waals surface area contributed by atoms with Crippen LogP contribution in [0.3, 0.4) is 0 Å². The molecule has 6 heteroatoms. The van der Waals surface area contributed by atoms with Crippen molar-refractivity contribution in [3.63, 3.8) is 0 Å². The van der Waals surface area contributed by atoms with Gasteiger partial charge in [0.15, 0.2) is 6.10 Å². The number of hydrogen-bond donors (Lipinski definition) is 0. The molecule has 0 heterocycles. The number of allylic oxidation sites excluding steroid dienone is 18. The zero-order valence-corrected chi connectivity index (χ0v) is 44.8. The normalized spacial score (nSPS) is 12.9. The summed E-state index contributed by atoms with van der Waals surface area (Å²) in [6.45, 7) is 6.40. The first-order chi connectivity index (χ1) is 34.0. The molecule has 0 aromatic rings. The van der Waals surface area contributed by atoms with E-state index >= 15 is 0 Å². The summed E-state index contributed by atoms with van der Waals surface area (Å²) < 4.78 is 16.8. The summed E-state index contributed by atoms with van der Waals surface area (Å²) in [5, 5.41) is 0. The van der Waals surface area contributed by atoms with E-state index in [0.29, 0.717) is 19.3 Å². The fourth-order valence-corrected chi connectivity index (χ4v) is 7.49. The predicted molar refractivity (Wildman–Crippen MR) is 297 cm³/mol. The Balaban J connectivity index is 4.47. The van der Waals surface area contributed by atoms with Gasteiger partial charge in [-0.1, -0.05) is 226 Å². The lowest BCUT2D eigenvalue weighted by Gasteiger charge is -2.18. The van der Waals surface area contributed by atoms with Crippen LogP contribution >= 0.6 is 0 Å². The van der Waals surface area contributed by atoms with Crippen LogP contribution in [0, 0.1) is 0 Å². The minimum atomic E-state index is -0.819. The molecule has 0 aromatic heterocycles. The van der Waals surface area contributed by atoms with Crippen LogP contribution in [-0.4, -0.2) is 37.2 Å². The number of esters is 3. The van der Waals surface area contributed by atoms with Crippen molar-refractivity contribution in [2.75, 3.05) is 13.2 Å². The van der Waals surface area contributed by atoms with E-state index in [4.69, 9.17) is 14.2 Å². The van der Waals surface area contributed by atoms with E-state index in [2.05, 4.69) is 118 Å². The summed E-state index contributed by atoms with van der Waals surface area (Å²) in [6.07, 6.45) is 76.6. The molecule has 1 atom stereocenters. The molecule has 0 bridgehead atoms. The van der Waals surface area contributed by atoms with E-state index < -0.39 is 6.10 Å². The SMILES string of the molecule is CC/C=C\C/C=C\C/C=C\C/C=C\CCC(=O)OCC(COC(=O)CCCCCCCC/C=C\C/C=C\C/C=C\CCCCCCC)OC(=O)CCCCCCCCC/C=C\C/C=C\CCCCC. The van der Waals surface area contributed by atoms with Crippen LogP contribution in [0.15, 0.2) is 109 Å². The molecule has 6 nitrogen and oxygen atoms in total. The highest BCUT2D eigenvalue weighted by Crippen LogP contribution is 2.14. The molecule has 0 radical (unpaired) electrons. The van der Waals surface area contributed by atoms with Crippen LogP contribution in [0.2, 0.25) is 0 Å². The van der Waals surface area contributed by atoms with Crippen LogP contribution in [0.5, 0.6) is 0 Å². The molecule has 0 saturated carbocycles. The minimum Gasteiger partial charge on any atom is -0.462 e. The largest absolute Gasteiger partial charge is 0.462 e. The lowest BCUT2D eigenvalue weighted by atomic mass is 10.1. The molecule has 0 aromatic carbocycles. The van der Waals surface area contributed by atoms with Crippen molar-refractivity contribution in [3.05, 3.63) is 109 Å². The average molecular weight is 958 g/mol. The molecule has 0 fully saturated rings. The second-order valence-corrected chi connectivity index (χ2v) is 18.5. The predicted octanol–water partition coefficient (Wildman–Crippen LogP) is 19.1. The van der Waals surface area contributed by atoms with E-state index in [1.165, 1.54) is 103 Å². The fraction of sp³-hybridized carbons (Fsp3) is 0.667. The van der Waals surface area contributed by atoms with Crippen molar-refractivity contribution >= 4 is 17.9 Å². The van der Waals surface area contributed by atoms with Crippen molar-refractivity contribution in [2.45, 2.75) is 258 Å². The van der Waals surface area contributed by atoms with Gasteiger partial charge in [0.2, 0.25) is 0 Å². The Morgan fingerprint density at radius 2 is 0.594 bits per heavy atom. The Morgan fingerprint density at radius 1 is 0.304 bits per heavy atom. The Labute approximate surface area is 425 Å². The minimum absolute atomic E-state index is 0.112. The van der Waals surface area contributed by atoms with E-state index in [1.54, 1.807) is 0 Å².